The van der Waals surface area contributed by atoms with E-state index in [1.165, 1.54) is 36.1 Å². The Balaban J connectivity index is 0. The molecule has 1 aromatic carbocycles. The lowest BCUT2D eigenvalue weighted by molar-refractivity contribution is 0.798. The van der Waals surface area contributed by atoms with E-state index in [0.717, 1.165) is 17.1 Å². The van der Waals surface area contributed by atoms with E-state index in [4.69, 9.17) is 5.73 Å². The molecule has 0 bridgehead atoms. The minimum atomic E-state index is 0.460. The molecule has 5 heteroatoms. The molecule has 0 fully saturated rings. The zero-order valence-electron chi connectivity index (χ0n) is 18.1. The molecular formula is C22H38N4S. The summed E-state index contributed by atoms with van der Waals surface area (Å²) in [6, 6.07) is 8.20. The van der Waals surface area contributed by atoms with E-state index in [2.05, 4.69) is 67.0 Å². The molecule has 0 spiro atoms. The van der Waals surface area contributed by atoms with Crippen molar-refractivity contribution in [2.45, 2.75) is 54.5 Å². The first kappa shape index (κ1) is 27.2. The third kappa shape index (κ3) is 10.1. The Morgan fingerprint density at radius 3 is 2.30 bits per heavy atom. The van der Waals surface area contributed by atoms with Crippen molar-refractivity contribution >= 4 is 34.2 Å². The lowest BCUT2D eigenvalue weighted by Gasteiger charge is -2.04. The minimum Gasteiger partial charge on any atom is -0.383 e. The number of aryl methyl sites for hydroxylation is 1. The molecule has 0 aliphatic rings. The van der Waals surface area contributed by atoms with E-state index in [-0.39, 0.29) is 0 Å². The maximum Gasteiger partial charge on any atom is 0.137 e. The van der Waals surface area contributed by atoms with Gasteiger partial charge in [-0.25, -0.2) is 4.99 Å². The third-order valence-electron chi connectivity index (χ3n) is 2.98. The number of hydrogen-bond donors (Lipinski definition) is 2. The van der Waals surface area contributed by atoms with Gasteiger partial charge in [0.1, 0.15) is 5.84 Å². The number of fused-ring (bicyclic) bond motifs is 1. The summed E-state index contributed by atoms with van der Waals surface area (Å²) in [5, 5.41) is 3.15. The normalized spacial score (nSPS) is 10.3. The van der Waals surface area contributed by atoms with Crippen LogP contribution in [0, 0.1) is 0 Å². The van der Waals surface area contributed by atoms with E-state index in [9.17, 15) is 0 Å². The number of hydrogen-bond acceptors (Lipinski definition) is 3. The van der Waals surface area contributed by atoms with Crippen molar-refractivity contribution in [2.24, 2.45) is 16.5 Å². The molecule has 0 aliphatic carbocycles. The summed E-state index contributed by atoms with van der Waals surface area (Å²) in [6.07, 6.45) is 5.28. The molecule has 0 saturated heterocycles. The SMILES string of the molecule is C=C(S/C=C\C)C(N)=Nc1ccc2ccn(CC)c2c1.CC.CCC.CN. The van der Waals surface area contributed by atoms with Crippen molar-refractivity contribution in [3.05, 3.63) is 53.4 Å². The number of allylic oxidation sites excluding steroid dienone is 1. The van der Waals surface area contributed by atoms with Gasteiger partial charge in [-0.15, -0.1) is 0 Å². The van der Waals surface area contributed by atoms with Gasteiger partial charge in [0.25, 0.3) is 0 Å². The summed E-state index contributed by atoms with van der Waals surface area (Å²) in [5.41, 5.74) is 12.5. The summed E-state index contributed by atoms with van der Waals surface area (Å²) < 4.78 is 2.19. The van der Waals surface area contributed by atoms with Gasteiger partial charge in [-0.05, 0) is 49.9 Å². The second-order valence-electron chi connectivity index (χ2n) is 5.06. The standard InChI is InChI=1S/C16H19N3S.C3H8.C2H6.CH5N/c1-4-10-20-12(3)16(17)18-14-7-6-13-8-9-19(5-2)15(13)11-14;1-3-2;2*1-2/h4,6-11H,3,5H2,1-2H3,(H2,17,18);3H2,1-2H3;1-2H3;2H2,1H3/b10-4-;;;. The van der Waals surface area contributed by atoms with Gasteiger partial charge < -0.3 is 16.0 Å². The van der Waals surface area contributed by atoms with Crippen LogP contribution in [0.4, 0.5) is 5.69 Å². The number of nitrogens with zero attached hydrogens (tertiary/aromatic N) is 2. The summed E-state index contributed by atoms with van der Waals surface area (Å²) in [5.74, 6) is 0.460. The maximum absolute atomic E-state index is 5.97. The number of rotatable bonds is 5. The van der Waals surface area contributed by atoms with E-state index in [0.29, 0.717) is 5.84 Å². The smallest absolute Gasteiger partial charge is 0.137 e. The van der Waals surface area contributed by atoms with Crippen LogP contribution in [0.3, 0.4) is 0 Å². The average molecular weight is 391 g/mol. The third-order valence-corrected chi connectivity index (χ3v) is 3.88. The number of aromatic nitrogens is 1. The molecule has 4 N–H and O–H groups in total. The van der Waals surface area contributed by atoms with Gasteiger partial charge in [-0.3, -0.25) is 0 Å². The molecule has 0 unspecified atom stereocenters. The molecule has 2 aromatic rings. The van der Waals surface area contributed by atoms with E-state index in [1.807, 2.05) is 38.3 Å². The van der Waals surface area contributed by atoms with E-state index >= 15 is 0 Å². The quantitative estimate of drug-likeness (QED) is 0.455. The number of nitrogens with two attached hydrogens (primary N) is 2. The molecular weight excluding hydrogens is 352 g/mol. The zero-order chi connectivity index (χ0) is 21.2. The molecule has 0 aliphatic heterocycles. The number of aliphatic imine (C=N–C) groups is 1. The van der Waals surface area contributed by atoms with Crippen molar-refractivity contribution < 1.29 is 0 Å². The van der Waals surface area contributed by atoms with Crippen LogP contribution in [0.2, 0.25) is 0 Å². The van der Waals surface area contributed by atoms with Gasteiger partial charge >= 0.3 is 0 Å². The fourth-order valence-corrected chi connectivity index (χ4v) is 2.40. The summed E-state index contributed by atoms with van der Waals surface area (Å²) in [6.45, 7) is 17.2. The molecule has 0 saturated carbocycles. The van der Waals surface area contributed by atoms with Crippen LogP contribution in [0.5, 0.6) is 0 Å². The van der Waals surface area contributed by atoms with Crippen LogP contribution in [-0.4, -0.2) is 17.5 Å². The Labute approximate surface area is 170 Å². The van der Waals surface area contributed by atoms with Crippen molar-refractivity contribution in [3.63, 3.8) is 0 Å². The second-order valence-corrected chi connectivity index (χ2v) is 6.06. The van der Waals surface area contributed by atoms with Gasteiger partial charge in [0.2, 0.25) is 0 Å². The highest BCUT2D eigenvalue weighted by atomic mass is 32.2. The van der Waals surface area contributed by atoms with E-state index < -0.39 is 0 Å². The Hall–Kier alpha value is -1.98. The predicted molar refractivity (Wildman–Crippen MR) is 128 cm³/mol. The highest BCUT2D eigenvalue weighted by molar-refractivity contribution is 8.06. The fraction of sp³-hybridized carbons (Fsp3) is 0.409. The van der Waals surface area contributed by atoms with Crippen LogP contribution in [0.15, 0.2) is 58.4 Å². The number of benzene rings is 1. The van der Waals surface area contributed by atoms with Crippen LogP contribution in [-0.2, 0) is 6.54 Å². The van der Waals surface area contributed by atoms with Crippen LogP contribution >= 0.6 is 11.8 Å². The van der Waals surface area contributed by atoms with Crippen LogP contribution < -0.4 is 11.5 Å². The summed E-state index contributed by atoms with van der Waals surface area (Å²) in [7, 11) is 1.50. The largest absolute Gasteiger partial charge is 0.383 e. The van der Waals surface area contributed by atoms with E-state index in [1.54, 1.807) is 0 Å². The van der Waals surface area contributed by atoms with Crippen molar-refractivity contribution in [1.82, 2.24) is 4.57 Å². The van der Waals surface area contributed by atoms with Gasteiger partial charge in [-0.1, -0.05) is 64.6 Å². The predicted octanol–water partition coefficient (Wildman–Crippen LogP) is 6.45. The van der Waals surface area contributed by atoms with Crippen LogP contribution in [0.25, 0.3) is 10.9 Å². The molecule has 1 aromatic heterocycles. The molecule has 4 nitrogen and oxygen atoms in total. The lowest BCUT2D eigenvalue weighted by atomic mass is 10.2. The lowest BCUT2D eigenvalue weighted by Crippen LogP contribution is -2.11. The Kier molecular flexibility index (Phi) is 17.6. The zero-order valence-corrected chi connectivity index (χ0v) is 18.9. The van der Waals surface area contributed by atoms with Gasteiger partial charge in [0.15, 0.2) is 0 Å². The first-order chi connectivity index (χ1) is 13.1. The van der Waals surface area contributed by atoms with Gasteiger partial charge in [0, 0.05) is 17.6 Å². The van der Waals surface area contributed by atoms with Crippen molar-refractivity contribution in [2.75, 3.05) is 7.05 Å². The number of amidine groups is 1. The van der Waals surface area contributed by atoms with Crippen molar-refractivity contribution in [1.29, 1.82) is 0 Å². The monoisotopic (exact) mass is 390 g/mol. The summed E-state index contributed by atoms with van der Waals surface area (Å²) in [4.78, 5) is 5.20. The molecule has 0 atom stereocenters. The average Bonchev–Trinajstić information content (AvgIpc) is 3.12. The maximum atomic E-state index is 5.97. The molecule has 2 rings (SSSR count). The first-order valence-corrected chi connectivity index (χ1v) is 10.4. The fourth-order valence-electron chi connectivity index (χ4n) is 1.93. The highest BCUT2D eigenvalue weighted by Crippen LogP contribution is 2.24. The molecule has 152 valence electrons. The van der Waals surface area contributed by atoms with Gasteiger partial charge in [0.05, 0.1) is 11.2 Å². The topological polar surface area (TPSA) is 69.3 Å². The molecule has 27 heavy (non-hydrogen) atoms. The molecule has 0 amide bonds. The number of thioether (sulfide) groups is 1. The minimum absolute atomic E-state index is 0.460. The van der Waals surface area contributed by atoms with Gasteiger partial charge in [-0.2, -0.15) is 0 Å². The van der Waals surface area contributed by atoms with Crippen molar-refractivity contribution in [3.8, 4) is 0 Å². The molecule has 1 heterocycles. The Bertz CT molecular complexity index is 699. The highest BCUT2D eigenvalue weighted by Gasteiger charge is 2.03. The Morgan fingerprint density at radius 1 is 1.19 bits per heavy atom. The van der Waals surface area contributed by atoms with Crippen LogP contribution in [0.1, 0.15) is 48.0 Å². The second kappa shape index (κ2) is 17.4. The summed E-state index contributed by atoms with van der Waals surface area (Å²) >= 11 is 1.48. The molecule has 0 radical (unpaired) electrons. The first-order valence-electron chi connectivity index (χ1n) is 9.55. The Morgan fingerprint density at radius 2 is 1.78 bits per heavy atom.